The second kappa shape index (κ2) is 4.38. The first-order chi connectivity index (χ1) is 7.16. The third-order valence-corrected chi connectivity index (χ3v) is 3.81. The van der Waals surface area contributed by atoms with Gasteiger partial charge in [0.1, 0.15) is 0 Å². The molecule has 2 rings (SSSR count). The van der Waals surface area contributed by atoms with Crippen LogP contribution < -0.4 is 0 Å². The molecule has 1 aromatic carbocycles. The fraction of sp³-hybridized carbons (Fsp3) is 0.600. The lowest BCUT2D eigenvalue weighted by Gasteiger charge is -2.15. The number of aryl methyl sites for hydroxylation is 3. The zero-order valence-corrected chi connectivity index (χ0v) is 10.3. The molecule has 0 saturated heterocycles. The topological polar surface area (TPSA) is 0 Å². The van der Waals surface area contributed by atoms with Gasteiger partial charge >= 0.3 is 0 Å². The Kier molecular flexibility index (Phi) is 3.14. The van der Waals surface area contributed by atoms with Crippen molar-refractivity contribution in [1.29, 1.82) is 0 Å². The first kappa shape index (κ1) is 10.7. The molecule has 0 bridgehead atoms. The van der Waals surface area contributed by atoms with Crippen LogP contribution in [0.4, 0.5) is 0 Å². The van der Waals surface area contributed by atoms with E-state index >= 15 is 0 Å². The van der Waals surface area contributed by atoms with Crippen molar-refractivity contribution < 1.29 is 0 Å². The molecule has 15 heavy (non-hydrogen) atoms. The number of hydrogen-bond acceptors (Lipinski definition) is 0. The van der Waals surface area contributed by atoms with E-state index in [4.69, 9.17) is 0 Å². The van der Waals surface area contributed by atoms with Gasteiger partial charge in [0, 0.05) is 0 Å². The van der Waals surface area contributed by atoms with Crippen LogP contribution in [0.15, 0.2) is 12.1 Å². The van der Waals surface area contributed by atoms with E-state index in [0.717, 1.165) is 5.92 Å². The average molecular weight is 202 g/mol. The molecule has 0 heteroatoms. The lowest BCUT2D eigenvalue weighted by Crippen LogP contribution is -2.03. The monoisotopic (exact) mass is 202 g/mol. The van der Waals surface area contributed by atoms with Crippen LogP contribution in [-0.4, -0.2) is 0 Å². The first-order valence-electron chi connectivity index (χ1n) is 6.23. The Morgan fingerprint density at radius 1 is 1.00 bits per heavy atom. The summed E-state index contributed by atoms with van der Waals surface area (Å²) in [7, 11) is 0. The number of benzene rings is 1. The van der Waals surface area contributed by atoms with Gasteiger partial charge in [0.25, 0.3) is 0 Å². The maximum absolute atomic E-state index is 2.33. The highest BCUT2D eigenvalue weighted by atomic mass is 14.2. The summed E-state index contributed by atoms with van der Waals surface area (Å²) in [6.45, 7) is 6.73. The van der Waals surface area contributed by atoms with Crippen LogP contribution in [0.3, 0.4) is 0 Å². The molecule has 0 unspecified atom stereocenters. The molecule has 1 aliphatic rings. The minimum absolute atomic E-state index is 0.963. The van der Waals surface area contributed by atoms with Crippen LogP contribution in [0.2, 0.25) is 0 Å². The summed E-state index contributed by atoms with van der Waals surface area (Å²) in [6.07, 6.45) is 7.13. The van der Waals surface area contributed by atoms with E-state index in [9.17, 15) is 0 Å². The second-order valence-corrected chi connectivity index (χ2v) is 5.23. The normalized spacial score (nSPS) is 17.3. The summed E-state index contributed by atoms with van der Waals surface area (Å²) in [5.74, 6) is 0.963. The van der Waals surface area contributed by atoms with Crippen molar-refractivity contribution in [2.45, 2.75) is 52.9 Å². The molecule has 1 fully saturated rings. The quantitative estimate of drug-likeness (QED) is 0.669. The van der Waals surface area contributed by atoms with Crippen molar-refractivity contribution in [3.63, 3.8) is 0 Å². The van der Waals surface area contributed by atoms with Crippen LogP contribution in [-0.2, 0) is 6.42 Å². The van der Waals surface area contributed by atoms with Crippen LogP contribution in [0, 0.1) is 26.7 Å². The highest BCUT2D eigenvalue weighted by Gasteiger charge is 2.17. The van der Waals surface area contributed by atoms with Gasteiger partial charge in [-0.15, -0.1) is 0 Å². The molecular weight excluding hydrogens is 180 g/mol. The smallest absolute Gasteiger partial charge is 0.0245 e. The molecule has 1 aromatic rings. The Morgan fingerprint density at radius 3 is 2.07 bits per heavy atom. The lowest BCUT2D eigenvalue weighted by molar-refractivity contribution is 0.543. The first-order valence-corrected chi connectivity index (χ1v) is 6.23. The fourth-order valence-corrected chi connectivity index (χ4v) is 3.04. The van der Waals surface area contributed by atoms with E-state index in [-0.39, 0.29) is 0 Å². The Labute approximate surface area is 93.7 Å². The van der Waals surface area contributed by atoms with Gasteiger partial charge < -0.3 is 0 Å². The lowest BCUT2D eigenvalue weighted by atomic mass is 9.90. The second-order valence-electron chi connectivity index (χ2n) is 5.23. The molecule has 0 N–H and O–H groups in total. The van der Waals surface area contributed by atoms with Gasteiger partial charge in [0.05, 0.1) is 0 Å². The SMILES string of the molecule is Cc1cc(C)c(CC2CCCC2)c(C)c1. The van der Waals surface area contributed by atoms with Crippen LogP contribution in [0.5, 0.6) is 0 Å². The fourth-order valence-electron chi connectivity index (χ4n) is 3.04. The Morgan fingerprint density at radius 2 is 1.53 bits per heavy atom. The zero-order chi connectivity index (χ0) is 10.8. The highest BCUT2D eigenvalue weighted by molar-refractivity contribution is 5.37. The van der Waals surface area contributed by atoms with E-state index in [1.165, 1.54) is 48.8 Å². The van der Waals surface area contributed by atoms with Gasteiger partial charge in [-0.25, -0.2) is 0 Å². The van der Waals surface area contributed by atoms with Crippen molar-refractivity contribution in [1.82, 2.24) is 0 Å². The Hall–Kier alpha value is -0.780. The van der Waals surface area contributed by atoms with Gasteiger partial charge in [-0.2, -0.15) is 0 Å². The summed E-state index contributed by atoms with van der Waals surface area (Å²) < 4.78 is 0. The van der Waals surface area contributed by atoms with Crippen molar-refractivity contribution in [3.05, 3.63) is 34.4 Å². The van der Waals surface area contributed by atoms with Gasteiger partial charge in [-0.3, -0.25) is 0 Å². The van der Waals surface area contributed by atoms with Crippen molar-refractivity contribution in [3.8, 4) is 0 Å². The number of rotatable bonds is 2. The predicted octanol–water partition coefficient (Wildman–Crippen LogP) is 4.34. The molecule has 0 nitrogen and oxygen atoms in total. The summed E-state index contributed by atoms with van der Waals surface area (Å²) in [6, 6.07) is 4.66. The maximum atomic E-state index is 2.33. The molecule has 1 saturated carbocycles. The molecule has 82 valence electrons. The van der Waals surface area contributed by atoms with E-state index in [1.807, 2.05) is 0 Å². The molecule has 1 aliphatic carbocycles. The molecular formula is C15H22. The zero-order valence-electron chi connectivity index (χ0n) is 10.3. The summed E-state index contributed by atoms with van der Waals surface area (Å²) in [5, 5.41) is 0. The van der Waals surface area contributed by atoms with Crippen molar-refractivity contribution in [2.24, 2.45) is 5.92 Å². The molecule has 0 amide bonds. The third kappa shape index (κ3) is 2.42. The molecule has 0 spiro atoms. The largest absolute Gasteiger partial charge is 0.0561 e. The van der Waals surface area contributed by atoms with Crippen LogP contribution in [0.25, 0.3) is 0 Å². The van der Waals surface area contributed by atoms with E-state index < -0.39 is 0 Å². The number of hydrogen-bond donors (Lipinski definition) is 0. The minimum atomic E-state index is 0.963. The molecule has 0 aromatic heterocycles. The minimum Gasteiger partial charge on any atom is -0.0561 e. The Balaban J connectivity index is 2.19. The summed E-state index contributed by atoms with van der Waals surface area (Å²) in [4.78, 5) is 0. The molecule has 0 radical (unpaired) electrons. The van der Waals surface area contributed by atoms with Gasteiger partial charge in [0.2, 0.25) is 0 Å². The van der Waals surface area contributed by atoms with E-state index in [2.05, 4.69) is 32.9 Å². The Bertz CT molecular complexity index is 320. The van der Waals surface area contributed by atoms with Crippen LogP contribution >= 0.6 is 0 Å². The molecule has 0 aliphatic heterocycles. The van der Waals surface area contributed by atoms with Gasteiger partial charge in [0.15, 0.2) is 0 Å². The average Bonchev–Trinajstić information content (AvgIpc) is 2.63. The summed E-state index contributed by atoms with van der Waals surface area (Å²) >= 11 is 0. The van der Waals surface area contributed by atoms with Crippen molar-refractivity contribution in [2.75, 3.05) is 0 Å². The van der Waals surface area contributed by atoms with E-state index in [1.54, 1.807) is 5.56 Å². The van der Waals surface area contributed by atoms with Gasteiger partial charge in [-0.1, -0.05) is 43.4 Å². The highest BCUT2D eigenvalue weighted by Crippen LogP contribution is 2.30. The standard InChI is InChI=1S/C15H22/c1-11-8-12(2)15(13(3)9-11)10-14-6-4-5-7-14/h8-9,14H,4-7,10H2,1-3H3. The molecule has 0 heterocycles. The van der Waals surface area contributed by atoms with Crippen LogP contribution in [0.1, 0.15) is 47.9 Å². The van der Waals surface area contributed by atoms with Crippen molar-refractivity contribution >= 4 is 0 Å². The molecule has 0 atom stereocenters. The maximum Gasteiger partial charge on any atom is -0.0245 e. The third-order valence-electron chi connectivity index (χ3n) is 3.81. The predicted molar refractivity (Wildman–Crippen MR) is 66.3 cm³/mol. The summed E-state index contributed by atoms with van der Waals surface area (Å²) in [5.41, 5.74) is 6.02. The van der Waals surface area contributed by atoms with E-state index in [0.29, 0.717) is 0 Å². The van der Waals surface area contributed by atoms with Gasteiger partial charge in [-0.05, 0) is 49.8 Å².